The minimum atomic E-state index is -4.63. The molecule has 0 fully saturated rings. The van der Waals surface area contributed by atoms with Gasteiger partial charge in [0.25, 0.3) is 0 Å². The number of rotatable bonds is 4. The molecule has 1 aromatic rings. The SMILES string of the molecule is C[C@@H](N)C(=O)N(C)CC(=O)Nc1ccc(Cl)c(C(F)(F)F)c1. The van der Waals surface area contributed by atoms with Crippen LogP contribution in [-0.2, 0) is 15.8 Å². The van der Waals surface area contributed by atoms with Crippen LogP contribution < -0.4 is 11.1 Å². The van der Waals surface area contributed by atoms with Crippen molar-refractivity contribution < 1.29 is 22.8 Å². The number of nitrogens with two attached hydrogens (primary N) is 1. The fourth-order valence-corrected chi connectivity index (χ4v) is 1.89. The van der Waals surface area contributed by atoms with Crippen LogP contribution in [0.4, 0.5) is 18.9 Å². The van der Waals surface area contributed by atoms with Crippen LogP contribution in [0.25, 0.3) is 0 Å². The number of alkyl halides is 3. The summed E-state index contributed by atoms with van der Waals surface area (Å²) in [5.74, 6) is -1.10. The number of amides is 2. The highest BCUT2D eigenvalue weighted by molar-refractivity contribution is 6.31. The smallest absolute Gasteiger partial charge is 0.335 e. The third-order valence-electron chi connectivity index (χ3n) is 2.70. The molecule has 1 aromatic carbocycles. The van der Waals surface area contributed by atoms with Gasteiger partial charge in [0.05, 0.1) is 23.2 Å². The van der Waals surface area contributed by atoms with Gasteiger partial charge in [0.1, 0.15) is 0 Å². The number of carbonyl (C=O) groups is 2. The van der Waals surface area contributed by atoms with Gasteiger partial charge in [-0.1, -0.05) is 11.6 Å². The maximum atomic E-state index is 12.7. The van der Waals surface area contributed by atoms with Crippen LogP contribution in [0.1, 0.15) is 12.5 Å². The maximum absolute atomic E-state index is 12.7. The van der Waals surface area contributed by atoms with Gasteiger partial charge in [0.2, 0.25) is 11.8 Å². The van der Waals surface area contributed by atoms with Gasteiger partial charge in [-0.15, -0.1) is 0 Å². The van der Waals surface area contributed by atoms with E-state index in [1.165, 1.54) is 20.0 Å². The molecule has 0 aliphatic carbocycles. The van der Waals surface area contributed by atoms with Crippen LogP contribution in [0.15, 0.2) is 18.2 Å². The Balaban J connectivity index is 2.79. The van der Waals surface area contributed by atoms with Crippen LogP contribution in [0.2, 0.25) is 5.02 Å². The zero-order valence-corrected chi connectivity index (χ0v) is 12.6. The van der Waals surface area contributed by atoms with E-state index in [1.807, 2.05) is 0 Å². The molecule has 9 heteroatoms. The van der Waals surface area contributed by atoms with E-state index in [4.69, 9.17) is 17.3 Å². The number of benzene rings is 1. The molecule has 3 N–H and O–H groups in total. The Morgan fingerprint density at radius 3 is 2.50 bits per heavy atom. The van der Waals surface area contributed by atoms with Crippen molar-refractivity contribution in [3.63, 3.8) is 0 Å². The van der Waals surface area contributed by atoms with Gasteiger partial charge in [-0.25, -0.2) is 0 Å². The molecule has 0 aliphatic heterocycles. The Morgan fingerprint density at radius 2 is 2.00 bits per heavy atom. The number of likely N-dealkylation sites (N-methyl/N-ethyl adjacent to an activating group) is 1. The molecule has 122 valence electrons. The first-order chi connectivity index (χ1) is 10.0. The minimum Gasteiger partial charge on any atom is -0.335 e. The normalized spacial score (nSPS) is 12.7. The van der Waals surface area contributed by atoms with Crippen molar-refractivity contribution in [2.75, 3.05) is 18.9 Å². The number of hydrogen-bond donors (Lipinski definition) is 2. The summed E-state index contributed by atoms with van der Waals surface area (Å²) in [5.41, 5.74) is 4.27. The van der Waals surface area contributed by atoms with Crippen molar-refractivity contribution in [1.29, 1.82) is 0 Å². The van der Waals surface area contributed by atoms with Crippen molar-refractivity contribution in [3.8, 4) is 0 Å². The number of nitrogens with one attached hydrogen (secondary N) is 1. The van der Waals surface area contributed by atoms with E-state index in [1.54, 1.807) is 0 Å². The molecular weight excluding hydrogens is 323 g/mol. The van der Waals surface area contributed by atoms with Gasteiger partial charge in [-0.05, 0) is 25.1 Å². The number of nitrogens with zero attached hydrogens (tertiary/aromatic N) is 1. The summed E-state index contributed by atoms with van der Waals surface area (Å²) in [7, 11) is 1.37. The molecule has 1 atom stereocenters. The summed E-state index contributed by atoms with van der Waals surface area (Å²) < 4.78 is 38.1. The molecule has 0 unspecified atom stereocenters. The molecule has 0 bridgehead atoms. The number of halogens is 4. The highest BCUT2D eigenvalue weighted by atomic mass is 35.5. The van der Waals surface area contributed by atoms with Gasteiger partial charge in [0, 0.05) is 12.7 Å². The molecule has 2 amide bonds. The lowest BCUT2D eigenvalue weighted by atomic mass is 10.2. The fraction of sp³-hybridized carbons (Fsp3) is 0.385. The Morgan fingerprint density at radius 1 is 1.41 bits per heavy atom. The van der Waals surface area contributed by atoms with Gasteiger partial charge in [0.15, 0.2) is 0 Å². The van der Waals surface area contributed by atoms with E-state index < -0.39 is 34.6 Å². The molecule has 0 radical (unpaired) electrons. The average molecular weight is 338 g/mol. The molecule has 1 rings (SSSR count). The quantitative estimate of drug-likeness (QED) is 0.883. The Labute approximate surface area is 130 Å². The molecular formula is C13H15ClF3N3O2. The van der Waals surface area contributed by atoms with E-state index in [0.717, 1.165) is 17.0 Å². The molecule has 5 nitrogen and oxygen atoms in total. The van der Waals surface area contributed by atoms with Gasteiger partial charge in [-0.3, -0.25) is 9.59 Å². The summed E-state index contributed by atoms with van der Waals surface area (Å²) in [6.45, 7) is 1.13. The number of anilines is 1. The second kappa shape index (κ2) is 6.97. The van der Waals surface area contributed by atoms with Crippen LogP contribution >= 0.6 is 11.6 Å². The summed E-state index contributed by atoms with van der Waals surface area (Å²) in [6.07, 6.45) is -4.63. The molecule has 22 heavy (non-hydrogen) atoms. The van der Waals surface area contributed by atoms with Crippen molar-refractivity contribution >= 4 is 29.1 Å². The van der Waals surface area contributed by atoms with Gasteiger partial charge < -0.3 is 16.0 Å². The first-order valence-electron chi connectivity index (χ1n) is 6.19. The maximum Gasteiger partial charge on any atom is 0.417 e. The van der Waals surface area contributed by atoms with E-state index >= 15 is 0 Å². The predicted octanol–water partition coefficient (Wildman–Crippen LogP) is 2.10. The zero-order chi connectivity index (χ0) is 17.1. The van der Waals surface area contributed by atoms with Gasteiger partial charge in [-0.2, -0.15) is 13.2 Å². The zero-order valence-electron chi connectivity index (χ0n) is 11.9. The van der Waals surface area contributed by atoms with Crippen molar-refractivity contribution in [2.24, 2.45) is 5.73 Å². The Bertz CT molecular complexity index is 576. The first kappa shape index (κ1) is 18.2. The topological polar surface area (TPSA) is 75.4 Å². The average Bonchev–Trinajstić information content (AvgIpc) is 2.38. The second-order valence-electron chi connectivity index (χ2n) is 4.72. The van der Waals surface area contributed by atoms with Crippen LogP contribution in [0.3, 0.4) is 0 Å². The summed E-state index contributed by atoms with van der Waals surface area (Å²) in [6, 6.07) is 2.23. The highest BCUT2D eigenvalue weighted by Gasteiger charge is 2.33. The molecule has 0 aromatic heterocycles. The second-order valence-corrected chi connectivity index (χ2v) is 5.13. The lowest BCUT2D eigenvalue weighted by Crippen LogP contribution is -2.43. The molecule has 0 aliphatic rings. The summed E-state index contributed by atoms with van der Waals surface area (Å²) in [4.78, 5) is 24.3. The molecule has 0 saturated carbocycles. The summed E-state index contributed by atoms with van der Waals surface area (Å²) in [5, 5.41) is 1.81. The van der Waals surface area contributed by atoms with E-state index in [2.05, 4.69) is 5.32 Å². The monoisotopic (exact) mass is 337 g/mol. The predicted molar refractivity (Wildman–Crippen MR) is 76.4 cm³/mol. The molecule has 0 heterocycles. The highest BCUT2D eigenvalue weighted by Crippen LogP contribution is 2.36. The number of carbonyl (C=O) groups excluding carboxylic acids is 2. The lowest BCUT2D eigenvalue weighted by Gasteiger charge is -2.19. The standard InChI is InChI=1S/C13H15ClF3N3O2/c1-7(18)12(22)20(2)6-11(21)19-8-3-4-10(14)9(5-8)13(15,16)17/h3-5,7H,6,18H2,1-2H3,(H,19,21)/t7-/m1/s1. The fourth-order valence-electron chi connectivity index (χ4n) is 1.66. The third kappa shape index (κ3) is 4.88. The minimum absolute atomic E-state index is 0.0663. The van der Waals surface area contributed by atoms with E-state index in [9.17, 15) is 22.8 Å². The van der Waals surface area contributed by atoms with Crippen LogP contribution in [0, 0.1) is 0 Å². The first-order valence-corrected chi connectivity index (χ1v) is 6.57. The number of hydrogen-bond acceptors (Lipinski definition) is 3. The lowest BCUT2D eigenvalue weighted by molar-refractivity contribution is -0.137. The largest absolute Gasteiger partial charge is 0.417 e. The van der Waals surface area contributed by atoms with Crippen molar-refractivity contribution in [3.05, 3.63) is 28.8 Å². The molecule has 0 spiro atoms. The van der Waals surface area contributed by atoms with Crippen LogP contribution in [-0.4, -0.2) is 36.3 Å². The Kier molecular flexibility index (Phi) is 5.78. The molecule has 0 saturated heterocycles. The van der Waals surface area contributed by atoms with Crippen molar-refractivity contribution in [1.82, 2.24) is 4.90 Å². The van der Waals surface area contributed by atoms with Crippen molar-refractivity contribution in [2.45, 2.75) is 19.1 Å². The van der Waals surface area contributed by atoms with Gasteiger partial charge >= 0.3 is 6.18 Å². The Hall–Kier alpha value is -1.80. The summed E-state index contributed by atoms with van der Waals surface area (Å²) >= 11 is 5.48. The van der Waals surface area contributed by atoms with E-state index in [-0.39, 0.29) is 12.2 Å². The third-order valence-corrected chi connectivity index (χ3v) is 3.03. The van der Waals surface area contributed by atoms with Crippen LogP contribution in [0.5, 0.6) is 0 Å². The van der Waals surface area contributed by atoms with E-state index in [0.29, 0.717) is 0 Å².